The van der Waals surface area contributed by atoms with Gasteiger partial charge in [-0.05, 0) is 32.3 Å². The standard InChI is InChI=1S/C9H13NOS/c1-9(2,10-3)8(11)7-4-5-12-6-7/h4-6,10H,1-3H3. The molecule has 1 N–H and O–H groups in total. The number of ketones is 1. The second-order valence-corrected chi connectivity index (χ2v) is 4.00. The largest absolute Gasteiger partial charge is 0.308 e. The van der Waals surface area contributed by atoms with E-state index in [0.29, 0.717) is 0 Å². The average molecular weight is 183 g/mol. The Morgan fingerprint density at radius 1 is 1.58 bits per heavy atom. The molecule has 3 heteroatoms. The van der Waals surface area contributed by atoms with Gasteiger partial charge in [-0.15, -0.1) is 0 Å². The van der Waals surface area contributed by atoms with Gasteiger partial charge in [0.2, 0.25) is 0 Å². The van der Waals surface area contributed by atoms with Gasteiger partial charge < -0.3 is 5.32 Å². The van der Waals surface area contributed by atoms with Gasteiger partial charge in [0.25, 0.3) is 0 Å². The van der Waals surface area contributed by atoms with Gasteiger partial charge in [0.1, 0.15) is 0 Å². The van der Waals surface area contributed by atoms with Crippen LogP contribution >= 0.6 is 11.3 Å². The molecule has 0 aliphatic rings. The number of thiophene rings is 1. The van der Waals surface area contributed by atoms with Crippen molar-refractivity contribution in [2.45, 2.75) is 19.4 Å². The minimum Gasteiger partial charge on any atom is -0.308 e. The number of hydrogen-bond acceptors (Lipinski definition) is 3. The predicted molar refractivity (Wildman–Crippen MR) is 51.8 cm³/mol. The molecule has 0 spiro atoms. The molecule has 1 heterocycles. The zero-order valence-corrected chi connectivity index (χ0v) is 8.37. The number of rotatable bonds is 3. The molecule has 1 rings (SSSR count). The zero-order valence-electron chi connectivity index (χ0n) is 7.55. The van der Waals surface area contributed by atoms with Crippen molar-refractivity contribution in [1.29, 1.82) is 0 Å². The summed E-state index contributed by atoms with van der Waals surface area (Å²) in [5, 5.41) is 6.78. The molecular formula is C9H13NOS. The summed E-state index contributed by atoms with van der Waals surface area (Å²) < 4.78 is 0. The number of Topliss-reactive ketones (excluding diaryl/α,β-unsaturated/α-hetero) is 1. The van der Waals surface area contributed by atoms with Crippen LogP contribution < -0.4 is 5.32 Å². The molecule has 12 heavy (non-hydrogen) atoms. The molecule has 0 aliphatic heterocycles. The third kappa shape index (κ3) is 1.73. The van der Waals surface area contributed by atoms with Crippen LogP contribution in [0.15, 0.2) is 16.8 Å². The first-order valence-corrected chi connectivity index (χ1v) is 4.78. The summed E-state index contributed by atoms with van der Waals surface area (Å²) in [5.74, 6) is 0.145. The van der Waals surface area contributed by atoms with E-state index >= 15 is 0 Å². The third-order valence-electron chi connectivity index (χ3n) is 1.98. The van der Waals surface area contributed by atoms with E-state index in [-0.39, 0.29) is 5.78 Å². The van der Waals surface area contributed by atoms with Crippen LogP contribution in [0.25, 0.3) is 0 Å². The Morgan fingerprint density at radius 2 is 2.25 bits per heavy atom. The average Bonchev–Trinajstić information content (AvgIpc) is 2.55. The Balaban J connectivity index is 2.86. The van der Waals surface area contributed by atoms with Gasteiger partial charge in [-0.2, -0.15) is 11.3 Å². The van der Waals surface area contributed by atoms with E-state index in [1.54, 1.807) is 18.4 Å². The molecule has 0 atom stereocenters. The van der Waals surface area contributed by atoms with Gasteiger partial charge in [0.05, 0.1) is 5.54 Å². The summed E-state index contributed by atoms with van der Waals surface area (Å²) in [6.45, 7) is 3.76. The maximum Gasteiger partial charge on any atom is 0.183 e. The lowest BCUT2D eigenvalue weighted by Crippen LogP contribution is -2.44. The normalized spacial score (nSPS) is 11.6. The fraction of sp³-hybridized carbons (Fsp3) is 0.444. The molecule has 0 amide bonds. The highest BCUT2D eigenvalue weighted by molar-refractivity contribution is 7.08. The van der Waals surface area contributed by atoms with Crippen LogP contribution in [0.5, 0.6) is 0 Å². The van der Waals surface area contributed by atoms with Crippen LogP contribution in [0.3, 0.4) is 0 Å². The van der Waals surface area contributed by atoms with Crippen molar-refractivity contribution in [3.8, 4) is 0 Å². The summed E-state index contributed by atoms with van der Waals surface area (Å²) in [6.07, 6.45) is 0. The molecule has 0 saturated heterocycles. The van der Waals surface area contributed by atoms with Crippen LogP contribution in [0.2, 0.25) is 0 Å². The fourth-order valence-corrected chi connectivity index (χ4v) is 1.50. The van der Waals surface area contributed by atoms with Crippen LogP contribution in [0, 0.1) is 0 Å². The first-order valence-electron chi connectivity index (χ1n) is 3.84. The van der Waals surface area contributed by atoms with Crippen LogP contribution in [0.1, 0.15) is 24.2 Å². The molecule has 0 saturated carbocycles. The zero-order chi connectivity index (χ0) is 9.19. The Kier molecular flexibility index (Phi) is 2.65. The first-order chi connectivity index (χ1) is 5.58. The lowest BCUT2D eigenvalue weighted by molar-refractivity contribution is 0.0890. The van der Waals surface area contributed by atoms with E-state index in [1.165, 1.54) is 0 Å². The van der Waals surface area contributed by atoms with Crippen LogP contribution in [-0.4, -0.2) is 18.4 Å². The first kappa shape index (κ1) is 9.42. The van der Waals surface area contributed by atoms with Crippen molar-refractivity contribution in [2.24, 2.45) is 0 Å². The van der Waals surface area contributed by atoms with Gasteiger partial charge in [-0.25, -0.2) is 0 Å². The molecule has 2 nitrogen and oxygen atoms in total. The minimum atomic E-state index is -0.457. The third-order valence-corrected chi connectivity index (χ3v) is 2.66. The molecule has 0 aromatic carbocycles. The van der Waals surface area contributed by atoms with Gasteiger partial charge in [0, 0.05) is 10.9 Å². The van der Waals surface area contributed by atoms with E-state index in [4.69, 9.17) is 0 Å². The highest BCUT2D eigenvalue weighted by Crippen LogP contribution is 2.14. The summed E-state index contributed by atoms with van der Waals surface area (Å²) in [4.78, 5) is 11.7. The minimum absolute atomic E-state index is 0.145. The summed E-state index contributed by atoms with van der Waals surface area (Å²) in [7, 11) is 1.80. The summed E-state index contributed by atoms with van der Waals surface area (Å²) in [6, 6.07) is 1.85. The summed E-state index contributed by atoms with van der Waals surface area (Å²) in [5.41, 5.74) is 0.334. The lowest BCUT2D eigenvalue weighted by atomic mass is 9.95. The number of carbonyl (C=O) groups excluding carboxylic acids is 1. The van der Waals surface area contributed by atoms with E-state index in [2.05, 4.69) is 5.32 Å². The van der Waals surface area contributed by atoms with Crippen molar-refractivity contribution < 1.29 is 4.79 Å². The Labute approximate surface area is 76.6 Å². The van der Waals surface area contributed by atoms with Gasteiger partial charge in [-0.3, -0.25) is 4.79 Å². The highest BCUT2D eigenvalue weighted by atomic mass is 32.1. The van der Waals surface area contributed by atoms with Crippen molar-refractivity contribution in [1.82, 2.24) is 5.32 Å². The van der Waals surface area contributed by atoms with E-state index in [9.17, 15) is 4.79 Å². The smallest absolute Gasteiger partial charge is 0.183 e. The molecule has 0 radical (unpaired) electrons. The second-order valence-electron chi connectivity index (χ2n) is 3.22. The second kappa shape index (κ2) is 3.37. The van der Waals surface area contributed by atoms with E-state index < -0.39 is 5.54 Å². The van der Waals surface area contributed by atoms with Crippen molar-refractivity contribution in [3.63, 3.8) is 0 Å². The number of likely N-dealkylation sites (N-methyl/N-ethyl adjacent to an activating group) is 1. The van der Waals surface area contributed by atoms with Gasteiger partial charge >= 0.3 is 0 Å². The van der Waals surface area contributed by atoms with Gasteiger partial charge in [0.15, 0.2) is 5.78 Å². The molecule has 0 aliphatic carbocycles. The molecule has 66 valence electrons. The molecule has 0 fully saturated rings. The molecule has 0 bridgehead atoms. The SMILES string of the molecule is CNC(C)(C)C(=O)c1ccsc1. The fourth-order valence-electron chi connectivity index (χ4n) is 0.868. The van der Waals surface area contributed by atoms with E-state index in [1.807, 2.05) is 30.7 Å². The number of hydrogen-bond donors (Lipinski definition) is 1. The Morgan fingerprint density at radius 3 is 2.67 bits per heavy atom. The monoisotopic (exact) mass is 183 g/mol. The van der Waals surface area contributed by atoms with Crippen LogP contribution in [0.4, 0.5) is 0 Å². The summed E-state index contributed by atoms with van der Waals surface area (Å²) >= 11 is 1.55. The van der Waals surface area contributed by atoms with Crippen molar-refractivity contribution in [3.05, 3.63) is 22.4 Å². The molecule has 1 aromatic rings. The van der Waals surface area contributed by atoms with Crippen molar-refractivity contribution >= 4 is 17.1 Å². The maximum absolute atomic E-state index is 11.7. The highest BCUT2D eigenvalue weighted by Gasteiger charge is 2.26. The molecular weight excluding hydrogens is 170 g/mol. The predicted octanol–water partition coefficient (Wildman–Crippen LogP) is 1.93. The van der Waals surface area contributed by atoms with E-state index in [0.717, 1.165) is 5.56 Å². The lowest BCUT2D eigenvalue weighted by Gasteiger charge is -2.21. The molecule has 0 unspecified atom stereocenters. The maximum atomic E-state index is 11.7. The topological polar surface area (TPSA) is 29.1 Å². The number of nitrogens with one attached hydrogen (secondary N) is 1. The quantitative estimate of drug-likeness (QED) is 0.725. The van der Waals surface area contributed by atoms with Crippen molar-refractivity contribution in [2.75, 3.05) is 7.05 Å². The Hall–Kier alpha value is -0.670. The molecule has 1 aromatic heterocycles. The van der Waals surface area contributed by atoms with Crippen LogP contribution in [-0.2, 0) is 0 Å². The number of carbonyl (C=O) groups is 1. The van der Waals surface area contributed by atoms with Gasteiger partial charge in [-0.1, -0.05) is 0 Å². The Bertz CT molecular complexity index is 264.